The predicted octanol–water partition coefficient (Wildman–Crippen LogP) is 1.32. The molecule has 0 rings (SSSR count). The van der Waals surface area contributed by atoms with E-state index in [9.17, 15) is 5.11 Å². The molecule has 0 fully saturated rings. The minimum absolute atomic E-state index is 0.133. The van der Waals surface area contributed by atoms with Crippen molar-refractivity contribution in [2.75, 3.05) is 33.8 Å². The van der Waals surface area contributed by atoms with Crippen molar-refractivity contribution in [3.63, 3.8) is 0 Å². The van der Waals surface area contributed by atoms with Crippen molar-refractivity contribution in [3.05, 3.63) is 0 Å². The van der Waals surface area contributed by atoms with Gasteiger partial charge in [-0.05, 0) is 52.9 Å². The van der Waals surface area contributed by atoms with Crippen LogP contribution < -0.4 is 5.32 Å². The molecule has 0 amide bonds. The lowest BCUT2D eigenvalue weighted by Gasteiger charge is -2.29. The number of hydrogen-bond donors (Lipinski definition) is 2. The quantitative estimate of drug-likeness (QED) is 0.642. The maximum Gasteiger partial charge on any atom is 0.0610 e. The predicted molar refractivity (Wildman–Crippen MR) is 66.1 cm³/mol. The summed E-state index contributed by atoms with van der Waals surface area (Å²) >= 11 is 0. The molecule has 0 radical (unpaired) electrons. The first-order valence-electron chi connectivity index (χ1n) is 5.92. The van der Waals surface area contributed by atoms with Gasteiger partial charge in [0.1, 0.15) is 0 Å². The van der Waals surface area contributed by atoms with Gasteiger partial charge in [0.25, 0.3) is 0 Å². The number of aliphatic hydroxyl groups excluding tert-OH is 1. The van der Waals surface area contributed by atoms with E-state index in [1.54, 1.807) is 0 Å². The Morgan fingerprint density at radius 1 is 1.33 bits per heavy atom. The second-order valence-electron chi connectivity index (χ2n) is 5.20. The fourth-order valence-electron chi connectivity index (χ4n) is 1.31. The van der Waals surface area contributed by atoms with Crippen molar-refractivity contribution in [1.29, 1.82) is 0 Å². The molecule has 3 heteroatoms. The van der Waals surface area contributed by atoms with E-state index >= 15 is 0 Å². The Hall–Kier alpha value is -0.120. The van der Waals surface area contributed by atoms with Crippen LogP contribution in [0.5, 0.6) is 0 Å². The summed E-state index contributed by atoms with van der Waals surface area (Å²) in [4.78, 5) is 2.34. The van der Waals surface area contributed by atoms with Gasteiger partial charge in [-0.25, -0.2) is 0 Å². The van der Waals surface area contributed by atoms with E-state index in [-0.39, 0.29) is 12.1 Å². The van der Waals surface area contributed by atoms with Gasteiger partial charge in [-0.1, -0.05) is 13.8 Å². The molecule has 0 aromatic carbocycles. The average Bonchev–Trinajstić information content (AvgIpc) is 2.23. The van der Waals surface area contributed by atoms with Gasteiger partial charge in [0, 0.05) is 5.54 Å². The van der Waals surface area contributed by atoms with Crippen LogP contribution in [0.2, 0.25) is 0 Å². The van der Waals surface area contributed by atoms with Gasteiger partial charge >= 0.3 is 0 Å². The van der Waals surface area contributed by atoms with Crippen LogP contribution in [-0.2, 0) is 0 Å². The first kappa shape index (κ1) is 14.9. The molecule has 0 aromatic rings. The molecule has 0 aliphatic heterocycles. The lowest BCUT2D eigenvalue weighted by molar-refractivity contribution is 0.157. The lowest BCUT2D eigenvalue weighted by Crippen LogP contribution is -2.45. The topological polar surface area (TPSA) is 35.5 Å². The smallest absolute Gasteiger partial charge is 0.0610 e. The maximum atomic E-state index is 9.24. The van der Waals surface area contributed by atoms with E-state index in [0.717, 1.165) is 25.4 Å². The molecule has 0 heterocycles. The molecule has 2 N–H and O–H groups in total. The number of aliphatic hydroxyl groups is 1. The van der Waals surface area contributed by atoms with Gasteiger partial charge in [0.15, 0.2) is 0 Å². The molecular weight excluding hydrogens is 188 g/mol. The SMILES string of the molecule is CNC(C)(CO)CCN(C)CCC(C)C. The normalized spacial score (nSPS) is 16.0. The largest absolute Gasteiger partial charge is 0.394 e. The van der Waals surface area contributed by atoms with Gasteiger partial charge in [-0.3, -0.25) is 0 Å². The van der Waals surface area contributed by atoms with Crippen molar-refractivity contribution < 1.29 is 5.11 Å². The molecule has 0 spiro atoms. The summed E-state index contributed by atoms with van der Waals surface area (Å²) in [7, 11) is 4.06. The number of nitrogens with one attached hydrogen (secondary N) is 1. The highest BCUT2D eigenvalue weighted by Gasteiger charge is 2.20. The highest BCUT2D eigenvalue weighted by molar-refractivity contribution is 4.81. The van der Waals surface area contributed by atoms with Crippen molar-refractivity contribution in [2.45, 2.75) is 39.2 Å². The molecule has 0 saturated carbocycles. The first-order chi connectivity index (χ1) is 6.93. The maximum absolute atomic E-state index is 9.24. The average molecular weight is 216 g/mol. The monoisotopic (exact) mass is 216 g/mol. The summed E-state index contributed by atoms with van der Waals surface area (Å²) in [6, 6.07) is 0. The lowest BCUT2D eigenvalue weighted by atomic mass is 9.99. The van der Waals surface area contributed by atoms with E-state index in [4.69, 9.17) is 0 Å². The molecule has 0 saturated heterocycles. The molecule has 0 aliphatic carbocycles. The molecule has 15 heavy (non-hydrogen) atoms. The van der Waals surface area contributed by atoms with Gasteiger partial charge < -0.3 is 15.3 Å². The fraction of sp³-hybridized carbons (Fsp3) is 1.00. The number of hydrogen-bond acceptors (Lipinski definition) is 3. The zero-order valence-corrected chi connectivity index (χ0v) is 11.0. The third kappa shape index (κ3) is 6.88. The Bertz CT molecular complexity index is 156. The molecule has 92 valence electrons. The van der Waals surface area contributed by atoms with E-state index in [2.05, 4.69) is 38.0 Å². The third-order valence-electron chi connectivity index (χ3n) is 3.09. The van der Waals surface area contributed by atoms with Crippen molar-refractivity contribution in [2.24, 2.45) is 5.92 Å². The molecule has 1 unspecified atom stereocenters. The van der Waals surface area contributed by atoms with Crippen LogP contribution in [0, 0.1) is 5.92 Å². The number of nitrogens with zero attached hydrogens (tertiary/aromatic N) is 1. The van der Waals surface area contributed by atoms with E-state index in [1.165, 1.54) is 6.42 Å². The van der Waals surface area contributed by atoms with Gasteiger partial charge in [-0.15, -0.1) is 0 Å². The fourth-order valence-corrected chi connectivity index (χ4v) is 1.31. The highest BCUT2D eigenvalue weighted by atomic mass is 16.3. The van der Waals surface area contributed by atoms with Crippen molar-refractivity contribution in [1.82, 2.24) is 10.2 Å². The second kappa shape index (κ2) is 7.20. The summed E-state index contributed by atoms with van der Waals surface area (Å²) in [5.74, 6) is 0.765. The van der Waals surface area contributed by atoms with Crippen LogP contribution in [0.4, 0.5) is 0 Å². The van der Waals surface area contributed by atoms with Gasteiger partial charge in [-0.2, -0.15) is 0 Å². The molecule has 3 nitrogen and oxygen atoms in total. The van der Waals surface area contributed by atoms with E-state index < -0.39 is 0 Å². The van der Waals surface area contributed by atoms with Crippen LogP contribution in [-0.4, -0.2) is 49.3 Å². The van der Waals surface area contributed by atoms with Gasteiger partial charge in [0.05, 0.1) is 6.61 Å². The Morgan fingerprint density at radius 3 is 2.33 bits per heavy atom. The molecular formula is C12H28N2O. The Balaban J connectivity index is 3.73. The Morgan fingerprint density at radius 2 is 1.93 bits per heavy atom. The molecule has 0 aliphatic rings. The van der Waals surface area contributed by atoms with Crippen LogP contribution >= 0.6 is 0 Å². The molecule has 1 atom stereocenters. The number of rotatable bonds is 8. The highest BCUT2D eigenvalue weighted by Crippen LogP contribution is 2.09. The van der Waals surface area contributed by atoms with Crippen molar-refractivity contribution in [3.8, 4) is 0 Å². The summed E-state index contributed by atoms with van der Waals surface area (Å²) in [6.45, 7) is 8.93. The van der Waals surface area contributed by atoms with Crippen LogP contribution in [0.25, 0.3) is 0 Å². The second-order valence-corrected chi connectivity index (χ2v) is 5.20. The minimum Gasteiger partial charge on any atom is -0.394 e. The summed E-state index contributed by atoms with van der Waals surface area (Å²) in [5, 5.41) is 12.4. The minimum atomic E-state index is -0.133. The van der Waals surface area contributed by atoms with Crippen LogP contribution in [0.15, 0.2) is 0 Å². The van der Waals surface area contributed by atoms with Crippen LogP contribution in [0.1, 0.15) is 33.6 Å². The van der Waals surface area contributed by atoms with Crippen LogP contribution in [0.3, 0.4) is 0 Å². The molecule has 0 aromatic heterocycles. The van der Waals surface area contributed by atoms with E-state index in [1.807, 2.05) is 7.05 Å². The van der Waals surface area contributed by atoms with E-state index in [0.29, 0.717) is 0 Å². The van der Waals surface area contributed by atoms with Gasteiger partial charge in [0.2, 0.25) is 0 Å². The Kier molecular flexibility index (Phi) is 7.14. The third-order valence-corrected chi connectivity index (χ3v) is 3.09. The first-order valence-corrected chi connectivity index (χ1v) is 5.92. The molecule has 0 bridgehead atoms. The zero-order valence-electron chi connectivity index (χ0n) is 11.0. The summed E-state index contributed by atoms with van der Waals surface area (Å²) in [5.41, 5.74) is -0.133. The number of likely N-dealkylation sites (N-methyl/N-ethyl adjacent to an activating group) is 1. The standard InChI is InChI=1S/C12H28N2O/c1-11(2)6-8-14(5)9-7-12(3,10-15)13-4/h11,13,15H,6-10H2,1-5H3. The zero-order chi connectivity index (χ0) is 11.9. The van der Waals surface area contributed by atoms with Crippen molar-refractivity contribution >= 4 is 0 Å². The summed E-state index contributed by atoms with van der Waals surface area (Å²) in [6.07, 6.45) is 2.22. The Labute approximate surface area is 94.9 Å². The summed E-state index contributed by atoms with van der Waals surface area (Å²) < 4.78 is 0.